The molecule has 3 N–H and O–H groups in total. The monoisotopic (exact) mass is 315 g/mol. The maximum Gasteiger partial charge on any atom is 0.240 e. The minimum atomic E-state index is -3.50. The lowest BCUT2D eigenvalue weighted by molar-refractivity contribution is 0.162. The number of nitrogens with two attached hydrogens (primary N) is 1. The molecule has 6 nitrogen and oxygen atoms in total. The number of rotatable bonds is 9. The second-order valence-corrected chi connectivity index (χ2v) is 6.67. The Morgan fingerprint density at radius 3 is 2.67 bits per heavy atom. The number of hydrogen-bond donors (Lipinski definition) is 2. The van der Waals surface area contributed by atoms with Crippen LogP contribution < -0.4 is 10.5 Å². The van der Waals surface area contributed by atoms with Crippen molar-refractivity contribution < 1.29 is 13.2 Å². The number of nitrogens with zero attached hydrogens (tertiary/aromatic N) is 1. The van der Waals surface area contributed by atoms with Crippen molar-refractivity contribution in [2.24, 2.45) is 5.73 Å². The summed E-state index contributed by atoms with van der Waals surface area (Å²) in [5.41, 5.74) is 7.17. The van der Waals surface area contributed by atoms with Crippen LogP contribution in [0.1, 0.15) is 11.1 Å². The molecule has 0 aromatic heterocycles. The average Bonchev–Trinajstić information content (AvgIpc) is 2.45. The molecule has 1 aromatic rings. The Morgan fingerprint density at radius 1 is 1.33 bits per heavy atom. The van der Waals surface area contributed by atoms with E-state index in [-0.39, 0.29) is 0 Å². The van der Waals surface area contributed by atoms with E-state index in [0.717, 1.165) is 12.1 Å². The molecule has 0 radical (unpaired) electrons. The molecule has 7 heteroatoms. The molecule has 0 fully saturated rings. The molecule has 0 amide bonds. The zero-order valence-corrected chi connectivity index (χ0v) is 13.7. The third-order valence-electron chi connectivity index (χ3n) is 3.37. The van der Waals surface area contributed by atoms with Gasteiger partial charge in [-0.1, -0.05) is 12.1 Å². The first kappa shape index (κ1) is 18.1. The van der Waals surface area contributed by atoms with Crippen LogP contribution in [0, 0.1) is 6.92 Å². The zero-order valence-electron chi connectivity index (χ0n) is 12.9. The molecular formula is C14H25N3O3S. The predicted octanol–water partition coefficient (Wildman–Crippen LogP) is 0.310. The summed E-state index contributed by atoms with van der Waals surface area (Å²) in [6, 6.07) is 5.16. The molecule has 0 unspecified atom stereocenters. The third-order valence-corrected chi connectivity index (χ3v) is 4.97. The van der Waals surface area contributed by atoms with Gasteiger partial charge in [0.1, 0.15) is 0 Å². The second-order valence-electron chi connectivity index (χ2n) is 4.94. The molecule has 0 saturated carbocycles. The molecule has 0 aliphatic heterocycles. The van der Waals surface area contributed by atoms with Gasteiger partial charge in [-0.15, -0.1) is 0 Å². The van der Waals surface area contributed by atoms with E-state index in [1.165, 1.54) is 0 Å². The van der Waals surface area contributed by atoms with E-state index in [9.17, 15) is 8.42 Å². The Labute approximate surface area is 127 Å². The standard InChI is InChI=1S/C14H25N3O3S/c1-12-13(11-15)5-4-6-14(12)21(18,19)16-7-8-17(2)9-10-20-3/h4-6,16H,7-11,15H2,1-3H3. The van der Waals surface area contributed by atoms with Crippen molar-refractivity contribution in [3.05, 3.63) is 29.3 Å². The molecule has 21 heavy (non-hydrogen) atoms. The van der Waals surface area contributed by atoms with Gasteiger partial charge in [-0.2, -0.15) is 0 Å². The Hall–Kier alpha value is -0.990. The number of ether oxygens (including phenoxy) is 1. The largest absolute Gasteiger partial charge is 0.383 e. The fraction of sp³-hybridized carbons (Fsp3) is 0.571. The van der Waals surface area contributed by atoms with Gasteiger partial charge in [-0.25, -0.2) is 13.1 Å². The lowest BCUT2D eigenvalue weighted by Gasteiger charge is -2.17. The van der Waals surface area contributed by atoms with Gasteiger partial charge in [-0.3, -0.25) is 0 Å². The molecule has 0 spiro atoms. The van der Waals surface area contributed by atoms with Crippen molar-refractivity contribution >= 4 is 10.0 Å². The molecule has 0 aliphatic rings. The van der Waals surface area contributed by atoms with E-state index in [2.05, 4.69) is 4.72 Å². The number of benzene rings is 1. The quantitative estimate of drug-likeness (QED) is 0.685. The van der Waals surface area contributed by atoms with Crippen LogP contribution in [0.3, 0.4) is 0 Å². The summed E-state index contributed by atoms with van der Waals surface area (Å²) in [5.74, 6) is 0. The second kappa shape index (κ2) is 8.45. The van der Waals surface area contributed by atoms with Crippen molar-refractivity contribution in [2.45, 2.75) is 18.4 Å². The first-order chi connectivity index (χ1) is 9.92. The van der Waals surface area contributed by atoms with Gasteiger partial charge in [-0.05, 0) is 31.2 Å². The van der Waals surface area contributed by atoms with E-state index >= 15 is 0 Å². The summed E-state index contributed by atoms with van der Waals surface area (Å²) in [6.07, 6.45) is 0. The molecule has 0 atom stereocenters. The predicted molar refractivity (Wildman–Crippen MR) is 83.6 cm³/mol. The number of methoxy groups -OCH3 is 1. The fourth-order valence-corrected chi connectivity index (χ4v) is 3.29. The smallest absolute Gasteiger partial charge is 0.240 e. The summed E-state index contributed by atoms with van der Waals surface area (Å²) >= 11 is 0. The number of sulfonamides is 1. The maximum absolute atomic E-state index is 12.3. The van der Waals surface area contributed by atoms with E-state index in [4.69, 9.17) is 10.5 Å². The lowest BCUT2D eigenvalue weighted by atomic mass is 10.1. The molecule has 0 bridgehead atoms. The first-order valence-electron chi connectivity index (χ1n) is 6.88. The van der Waals surface area contributed by atoms with Gasteiger partial charge < -0.3 is 15.4 Å². The molecule has 1 rings (SSSR count). The van der Waals surface area contributed by atoms with Gasteiger partial charge in [0.15, 0.2) is 0 Å². The topological polar surface area (TPSA) is 84.7 Å². The van der Waals surface area contributed by atoms with Crippen molar-refractivity contribution in [1.82, 2.24) is 9.62 Å². The zero-order chi connectivity index (χ0) is 15.9. The summed E-state index contributed by atoms with van der Waals surface area (Å²) in [7, 11) is 0.0636. The SMILES string of the molecule is COCCN(C)CCNS(=O)(=O)c1cccc(CN)c1C. The lowest BCUT2D eigenvalue weighted by Crippen LogP contribution is -2.34. The van der Waals surface area contributed by atoms with E-state index < -0.39 is 10.0 Å². The van der Waals surface area contributed by atoms with Crippen molar-refractivity contribution in [3.63, 3.8) is 0 Å². The van der Waals surface area contributed by atoms with Crippen molar-refractivity contribution in [1.29, 1.82) is 0 Å². The van der Waals surface area contributed by atoms with Crippen molar-refractivity contribution in [3.8, 4) is 0 Å². The van der Waals surface area contributed by atoms with Crippen LogP contribution in [0.4, 0.5) is 0 Å². The van der Waals surface area contributed by atoms with Crippen LogP contribution in [0.25, 0.3) is 0 Å². The van der Waals surface area contributed by atoms with Crippen LogP contribution in [0.2, 0.25) is 0 Å². The number of hydrogen-bond acceptors (Lipinski definition) is 5. The maximum atomic E-state index is 12.3. The van der Waals surface area contributed by atoms with E-state index in [0.29, 0.717) is 36.7 Å². The molecule has 120 valence electrons. The molecule has 0 heterocycles. The van der Waals surface area contributed by atoms with Crippen LogP contribution in [0.15, 0.2) is 23.1 Å². The van der Waals surface area contributed by atoms with E-state index in [1.54, 1.807) is 26.2 Å². The van der Waals surface area contributed by atoms with Gasteiger partial charge in [0.25, 0.3) is 0 Å². The van der Waals surface area contributed by atoms with Gasteiger partial charge in [0, 0.05) is 33.3 Å². The Kier molecular flexibility index (Phi) is 7.27. The molecule has 1 aromatic carbocycles. The Morgan fingerprint density at radius 2 is 2.05 bits per heavy atom. The van der Waals surface area contributed by atoms with E-state index in [1.807, 2.05) is 18.0 Å². The minimum Gasteiger partial charge on any atom is -0.383 e. The summed E-state index contributed by atoms with van der Waals surface area (Å²) in [4.78, 5) is 2.31. The number of likely N-dealkylation sites (N-methyl/N-ethyl adjacent to an activating group) is 1. The highest BCUT2D eigenvalue weighted by Crippen LogP contribution is 2.18. The Bertz CT molecular complexity index is 546. The van der Waals surface area contributed by atoms with Gasteiger partial charge in [0.2, 0.25) is 10.0 Å². The number of nitrogens with one attached hydrogen (secondary N) is 1. The van der Waals surface area contributed by atoms with Crippen LogP contribution in [-0.2, 0) is 21.3 Å². The first-order valence-corrected chi connectivity index (χ1v) is 8.36. The highest BCUT2D eigenvalue weighted by atomic mass is 32.2. The van der Waals surface area contributed by atoms with Gasteiger partial charge >= 0.3 is 0 Å². The molecule has 0 saturated heterocycles. The van der Waals surface area contributed by atoms with Crippen LogP contribution >= 0.6 is 0 Å². The highest BCUT2D eigenvalue weighted by Gasteiger charge is 2.17. The minimum absolute atomic E-state index is 0.296. The fourth-order valence-electron chi connectivity index (χ4n) is 1.98. The summed E-state index contributed by atoms with van der Waals surface area (Å²) in [6.45, 7) is 4.48. The van der Waals surface area contributed by atoms with Crippen LogP contribution in [0.5, 0.6) is 0 Å². The Balaban J connectivity index is 2.66. The average molecular weight is 315 g/mol. The van der Waals surface area contributed by atoms with Crippen LogP contribution in [-0.4, -0.2) is 53.7 Å². The van der Waals surface area contributed by atoms with Crippen molar-refractivity contribution in [2.75, 3.05) is 40.4 Å². The summed E-state index contributed by atoms with van der Waals surface area (Å²) < 4.78 is 32.2. The summed E-state index contributed by atoms with van der Waals surface area (Å²) in [5, 5.41) is 0. The molecule has 0 aliphatic carbocycles. The van der Waals surface area contributed by atoms with Gasteiger partial charge in [0.05, 0.1) is 11.5 Å². The highest BCUT2D eigenvalue weighted by molar-refractivity contribution is 7.89. The normalized spacial score (nSPS) is 12.0. The molecular weight excluding hydrogens is 290 g/mol. The third kappa shape index (κ3) is 5.37.